The van der Waals surface area contributed by atoms with Crippen LogP contribution in [0.5, 0.6) is 5.75 Å². The van der Waals surface area contributed by atoms with E-state index in [9.17, 15) is 14.4 Å². The molecule has 36 heavy (non-hydrogen) atoms. The molecule has 8 heteroatoms. The van der Waals surface area contributed by atoms with Crippen LogP contribution in [0.4, 0.5) is 5.69 Å². The Bertz CT molecular complexity index is 972. The summed E-state index contributed by atoms with van der Waals surface area (Å²) in [5, 5.41) is 6.06. The fourth-order valence-electron chi connectivity index (χ4n) is 5.95. The number of ether oxygens (including phenoxy) is 2. The molecule has 0 aromatic heterocycles. The first-order chi connectivity index (χ1) is 17.5. The number of likely N-dealkylation sites (N-methyl/N-ethyl adjacent to an activating group) is 1. The largest absolute Gasteiger partial charge is 0.490 e. The molecule has 2 heterocycles. The minimum absolute atomic E-state index is 0.0170. The topological polar surface area (TPSA) is 97.0 Å². The molecule has 0 spiro atoms. The molecule has 1 aromatic carbocycles. The maximum atomic E-state index is 13.4. The van der Waals surface area contributed by atoms with Crippen molar-refractivity contribution in [1.29, 1.82) is 0 Å². The summed E-state index contributed by atoms with van der Waals surface area (Å²) < 4.78 is 12.4. The standard InChI is InChI=1S/C28H39N3O5/c1-31-23-12-11-21(15-26(32)29-16-18-6-3-2-4-7-18)36-25(23)17-35-24-13-10-20(14-22(24)28(31)34)30-27(33)19-8-5-9-19/h10,13-14,18-19,21,23,25H,2-9,11-12,15-17H2,1H3,(H,29,32)(H,30,33)/t21-,23+,25-/m1/s1. The van der Waals surface area contributed by atoms with Crippen LogP contribution in [0.25, 0.3) is 0 Å². The summed E-state index contributed by atoms with van der Waals surface area (Å²) in [6.45, 7) is 1.07. The highest BCUT2D eigenvalue weighted by molar-refractivity contribution is 6.00. The zero-order valence-electron chi connectivity index (χ0n) is 21.3. The zero-order chi connectivity index (χ0) is 25.1. The summed E-state index contributed by atoms with van der Waals surface area (Å²) in [6.07, 6.45) is 10.5. The van der Waals surface area contributed by atoms with Gasteiger partial charge in [-0.15, -0.1) is 0 Å². The molecule has 2 N–H and O–H groups in total. The van der Waals surface area contributed by atoms with Gasteiger partial charge in [-0.05, 0) is 62.6 Å². The number of nitrogens with one attached hydrogen (secondary N) is 2. The lowest BCUT2D eigenvalue weighted by Gasteiger charge is -2.42. The lowest BCUT2D eigenvalue weighted by molar-refractivity contribution is -0.134. The van der Waals surface area contributed by atoms with Crippen molar-refractivity contribution in [2.24, 2.45) is 11.8 Å². The molecule has 3 atom stereocenters. The molecule has 2 aliphatic heterocycles. The highest BCUT2D eigenvalue weighted by Gasteiger charge is 2.39. The zero-order valence-corrected chi connectivity index (χ0v) is 21.3. The second kappa shape index (κ2) is 11.2. The van der Waals surface area contributed by atoms with E-state index in [4.69, 9.17) is 9.47 Å². The number of rotatable bonds is 6. The van der Waals surface area contributed by atoms with Gasteiger partial charge in [-0.25, -0.2) is 0 Å². The van der Waals surface area contributed by atoms with Crippen molar-refractivity contribution in [3.8, 4) is 5.75 Å². The number of carbonyl (C=O) groups excluding carboxylic acids is 3. The van der Waals surface area contributed by atoms with Crippen molar-refractivity contribution in [2.45, 2.75) is 88.9 Å². The van der Waals surface area contributed by atoms with E-state index in [0.717, 1.165) is 38.6 Å². The molecule has 0 unspecified atom stereocenters. The van der Waals surface area contributed by atoms with Gasteiger partial charge >= 0.3 is 0 Å². The van der Waals surface area contributed by atoms with Gasteiger partial charge in [-0.2, -0.15) is 0 Å². The van der Waals surface area contributed by atoms with Gasteiger partial charge in [-0.1, -0.05) is 25.7 Å². The number of benzene rings is 1. The van der Waals surface area contributed by atoms with E-state index < -0.39 is 0 Å². The van der Waals surface area contributed by atoms with Crippen LogP contribution >= 0.6 is 0 Å². The summed E-state index contributed by atoms with van der Waals surface area (Å²) in [6, 6.07) is 5.12. The molecule has 4 aliphatic rings. The van der Waals surface area contributed by atoms with Crippen LogP contribution < -0.4 is 15.4 Å². The predicted octanol–water partition coefficient (Wildman–Crippen LogP) is 3.89. The Balaban J connectivity index is 1.18. The molecule has 8 nitrogen and oxygen atoms in total. The summed E-state index contributed by atoms with van der Waals surface area (Å²) in [7, 11) is 1.80. The minimum atomic E-state index is -0.296. The summed E-state index contributed by atoms with van der Waals surface area (Å²) in [4.78, 5) is 40.1. The van der Waals surface area contributed by atoms with Crippen LogP contribution in [0.3, 0.4) is 0 Å². The van der Waals surface area contributed by atoms with Gasteiger partial charge in [0.05, 0.1) is 24.1 Å². The molecule has 1 saturated heterocycles. The SMILES string of the molecule is CN1C(=O)c2cc(NC(=O)C3CCC3)ccc2OC[C@H]2O[C@@H](CC(=O)NCC3CCCCC3)CC[C@@H]21. The van der Waals surface area contributed by atoms with Crippen molar-refractivity contribution >= 4 is 23.4 Å². The van der Waals surface area contributed by atoms with E-state index in [1.54, 1.807) is 30.1 Å². The quantitative estimate of drug-likeness (QED) is 0.622. The van der Waals surface area contributed by atoms with Crippen LogP contribution in [0.15, 0.2) is 18.2 Å². The lowest BCUT2D eigenvalue weighted by Crippen LogP contribution is -2.54. The van der Waals surface area contributed by atoms with E-state index in [1.807, 2.05) is 0 Å². The molecule has 0 radical (unpaired) electrons. The van der Waals surface area contributed by atoms with E-state index in [0.29, 0.717) is 35.9 Å². The fourth-order valence-corrected chi connectivity index (χ4v) is 5.95. The first kappa shape index (κ1) is 25.1. The van der Waals surface area contributed by atoms with Crippen LogP contribution in [-0.4, -0.2) is 61.1 Å². The number of hydrogen-bond donors (Lipinski definition) is 2. The van der Waals surface area contributed by atoms with Crippen LogP contribution in [0.2, 0.25) is 0 Å². The van der Waals surface area contributed by atoms with Gasteiger partial charge in [0.2, 0.25) is 11.8 Å². The van der Waals surface area contributed by atoms with Gasteiger partial charge in [-0.3, -0.25) is 14.4 Å². The van der Waals surface area contributed by atoms with Crippen LogP contribution in [0, 0.1) is 11.8 Å². The molecule has 196 valence electrons. The average molecular weight is 498 g/mol. The Morgan fingerprint density at radius 3 is 2.58 bits per heavy atom. The number of hydrogen-bond acceptors (Lipinski definition) is 5. The van der Waals surface area contributed by atoms with Gasteiger partial charge in [0.1, 0.15) is 18.5 Å². The predicted molar refractivity (Wildman–Crippen MR) is 136 cm³/mol. The fraction of sp³-hybridized carbons (Fsp3) is 0.679. The van der Waals surface area contributed by atoms with Crippen LogP contribution in [-0.2, 0) is 14.3 Å². The third-order valence-electron chi connectivity index (χ3n) is 8.48. The van der Waals surface area contributed by atoms with Crippen molar-refractivity contribution in [3.05, 3.63) is 23.8 Å². The molecule has 2 aliphatic carbocycles. The Morgan fingerprint density at radius 1 is 1.03 bits per heavy atom. The number of amides is 3. The molecule has 1 aromatic rings. The normalized spacial score (nSPS) is 27.0. The van der Waals surface area contributed by atoms with E-state index >= 15 is 0 Å². The molecule has 3 amide bonds. The lowest BCUT2D eigenvalue weighted by atomic mass is 9.85. The van der Waals surface area contributed by atoms with Gasteiger partial charge in [0, 0.05) is 25.2 Å². The number of fused-ring (bicyclic) bond motifs is 2. The number of anilines is 1. The number of nitrogens with zero attached hydrogens (tertiary/aromatic N) is 1. The van der Waals surface area contributed by atoms with Gasteiger partial charge in [0.25, 0.3) is 5.91 Å². The average Bonchev–Trinajstić information content (AvgIpc) is 2.85. The Hall–Kier alpha value is -2.61. The van der Waals surface area contributed by atoms with Gasteiger partial charge in [0.15, 0.2) is 0 Å². The second-order valence-electron chi connectivity index (χ2n) is 11.0. The minimum Gasteiger partial charge on any atom is -0.490 e. The molecule has 5 rings (SSSR count). The Morgan fingerprint density at radius 2 is 1.83 bits per heavy atom. The summed E-state index contributed by atoms with van der Waals surface area (Å²) in [5.74, 6) is 1.08. The second-order valence-corrected chi connectivity index (χ2v) is 11.0. The Labute approximate surface area is 213 Å². The first-order valence-corrected chi connectivity index (χ1v) is 13.7. The summed E-state index contributed by atoms with van der Waals surface area (Å²) in [5.41, 5.74) is 1.07. The van der Waals surface area contributed by atoms with E-state index in [2.05, 4.69) is 10.6 Å². The highest BCUT2D eigenvalue weighted by Crippen LogP contribution is 2.33. The maximum absolute atomic E-state index is 13.4. The van der Waals surface area contributed by atoms with Crippen molar-refractivity contribution in [2.75, 3.05) is 25.5 Å². The molecular formula is C28H39N3O5. The third kappa shape index (κ3) is 5.69. The van der Waals surface area contributed by atoms with Crippen molar-refractivity contribution in [3.63, 3.8) is 0 Å². The van der Waals surface area contributed by atoms with Crippen molar-refractivity contribution in [1.82, 2.24) is 10.2 Å². The Kier molecular flexibility index (Phi) is 7.79. The number of carbonyl (C=O) groups is 3. The monoisotopic (exact) mass is 497 g/mol. The van der Waals surface area contributed by atoms with Crippen LogP contribution in [0.1, 0.15) is 81.0 Å². The molecular weight excluding hydrogens is 458 g/mol. The molecule has 2 saturated carbocycles. The van der Waals surface area contributed by atoms with E-state index in [1.165, 1.54) is 32.1 Å². The maximum Gasteiger partial charge on any atom is 0.257 e. The molecule has 3 fully saturated rings. The first-order valence-electron chi connectivity index (χ1n) is 13.7. The highest BCUT2D eigenvalue weighted by atomic mass is 16.5. The van der Waals surface area contributed by atoms with E-state index in [-0.39, 0.29) is 41.9 Å². The summed E-state index contributed by atoms with van der Waals surface area (Å²) >= 11 is 0. The van der Waals surface area contributed by atoms with Gasteiger partial charge < -0.3 is 25.0 Å². The van der Waals surface area contributed by atoms with Crippen molar-refractivity contribution < 1.29 is 23.9 Å². The molecule has 0 bridgehead atoms. The smallest absolute Gasteiger partial charge is 0.257 e. The third-order valence-corrected chi connectivity index (χ3v) is 8.48.